The second-order valence-electron chi connectivity index (χ2n) is 7.73. The van der Waals surface area contributed by atoms with Crippen molar-refractivity contribution in [3.05, 3.63) is 0 Å². The Labute approximate surface area is 163 Å². The van der Waals surface area contributed by atoms with E-state index in [4.69, 9.17) is 16.3 Å². The SMILES string of the molecule is CCC(C)(C)Cl.CCCCCCCCCCCCOC(=O)C(C)CC. The van der Waals surface area contributed by atoms with E-state index < -0.39 is 0 Å². The first-order chi connectivity index (χ1) is 11.8. The van der Waals surface area contributed by atoms with Gasteiger partial charge in [-0.15, -0.1) is 11.6 Å². The highest BCUT2D eigenvalue weighted by molar-refractivity contribution is 6.23. The number of ether oxygens (including phenoxy) is 1. The monoisotopic (exact) mass is 376 g/mol. The van der Waals surface area contributed by atoms with Gasteiger partial charge in [0.2, 0.25) is 0 Å². The van der Waals surface area contributed by atoms with Crippen molar-refractivity contribution in [3.8, 4) is 0 Å². The first-order valence-corrected chi connectivity index (χ1v) is 11.0. The van der Waals surface area contributed by atoms with Gasteiger partial charge >= 0.3 is 5.97 Å². The highest BCUT2D eigenvalue weighted by Gasteiger charge is 2.10. The molecule has 0 aromatic heterocycles. The van der Waals surface area contributed by atoms with E-state index in [-0.39, 0.29) is 16.8 Å². The van der Waals surface area contributed by atoms with E-state index in [0.717, 1.165) is 19.3 Å². The fraction of sp³-hybridized carbons (Fsp3) is 0.955. The van der Waals surface area contributed by atoms with Crippen LogP contribution >= 0.6 is 11.6 Å². The van der Waals surface area contributed by atoms with Crippen molar-refractivity contribution in [2.45, 2.75) is 123 Å². The topological polar surface area (TPSA) is 26.3 Å². The second kappa shape index (κ2) is 18.5. The van der Waals surface area contributed by atoms with Crippen LogP contribution in [0.3, 0.4) is 0 Å². The molecular formula is C22H45ClO2. The zero-order valence-corrected chi connectivity index (χ0v) is 18.7. The number of carbonyl (C=O) groups is 1. The van der Waals surface area contributed by atoms with Crippen molar-refractivity contribution in [1.29, 1.82) is 0 Å². The fourth-order valence-corrected chi connectivity index (χ4v) is 2.07. The molecule has 0 aliphatic carbocycles. The third-order valence-corrected chi connectivity index (χ3v) is 4.86. The van der Waals surface area contributed by atoms with Gasteiger partial charge in [-0.1, -0.05) is 85.5 Å². The van der Waals surface area contributed by atoms with Gasteiger partial charge in [-0.25, -0.2) is 0 Å². The number of rotatable bonds is 14. The van der Waals surface area contributed by atoms with Crippen molar-refractivity contribution in [1.82, 2.24) is 0 Å². The van der Waals surface area contributed by atoms with Crippen molar-refractivity contribution >= 4 is 17.6 Å². The highest BCUT2D eigenvalue weighted by Crippen LogP contribution is 2.15. The number of halogens is 1. The van der Waals surface area contributed by atoms with E-state index in [1.807, 2.05) is 27.7 Å². The van der Waals surface area contributed by atoms with Gasteiger partial charge in [0, 0.05) is 4.87 Å². The minimum Gasteiger partial charge on any atom is -0.465 e. The summed E-state index contributed by atoms with van der Waals surface area (Å²) in [7, 11) is 0. The van der Waals surface area contributed by atoms with Crippen molar-refractivity contribution in [2.75, 3.05) is 6.61 Å². The Hall–Kier alpha value is -0.240. The summed E-state index contributed by atoms with van der Waals surface area (Å²) in [4.78, 5) is 11.4. The lowest BCUT2D eigenvalue weighted by Gasteiger charge is -2.09. The zero-order valence-electron chi connectivity index (χ0n) is 18.0. The molecule has 0 fully saturated rings. The molecule has 0 aromatic rings. The van der Waals surface area contributed by atoms with E-state index in [1.165, 1.54) is 57.8 Å². The first kappa shape index (κ1) is 27.0. The Morgan fingerprint density at radius 2 is 1.28 bits per heavy atom. The molecule has 0 amide bonds. The lowest BCUT2D eigenvalue weighted by atomic mass is 10.1. The van der Waals surface area contributed by atoms with Crippen molar-refractivity contribution in [3.63, 3.8) is 0 Å². The van der Waals surface area contributed by atoms with Crippen LogP contribution in [0, 0.1) is 5.92 Å². The molecule has 2 nitrogen and oxygen atoms in total. The van der Waals surface area contributed by atoms with Crippen LogP contribution in [0.25, 0.3) is 0 Å². The number of hydrogen-bond acceptors (Lipinski definition) is 2. The molecule has 25 heavy (non-hydrogen) atoms. The lowest BCUT2D eigenvalue weighted by Crippen LogP contribution is -2.14. The number of esters is 1. The molecule has 0 rings (SSSR count). The lowest BCUT2D eigenvalue weighted by molar-refractivity contribution is -0.148. The van der Waals surface area contributed by atoms with Crippen LogP contribution < -0.4 is 0 Å². The van der Waals surface area contributed by atoms with Crippen LogP contribution in [0.4, 0.5) is 0 Å². The van der Waals surface area contributed by atoms with Gasteiger partial charge in [-0.05, 0) is 33.1 Å². The predicted octanol–water partition coefficient (Wildman–Crippen LogP) is 7.91. The molecule has 0 heterocycles. The van der Waals surface area contributed by atoms with Gasteiger partial charge in [0.25, 0.3) is 0 Å². The molecule has 0 aliphatic rings. The van der Waals surface area contributed by atoms with Gasteiger partial charge in [0.05, 0.1) is 12.5 Å². The summed E-state index contributed by atoms with van der Waals surface area (Å²) in [6.07, 6.45) is 15.0. The van der Waals surface area contributed by atoms with Crippen LogP contribution in [-0.4, -0.2) is 17.5 Å². The molecule has 0 aromatic carbocycles. The van der Waals surface area contributed by atoms with E-state index in [0.29, 0.717) is 6.61 Å². The van der Waals surface area contributed by atoms with Crippen LogP contribution in [0.15, 0.2) is 0 Å². The summed E-state index contributed by atoms with van der Waals surface area (Å²) in [6, 6.07) is 0. The largest absolute Gasteiger partial charge is 0.465 e. The molecule has 152 valence electrons. The Morgan fingerprint density at radius 3 is 1.64 bits per heavy atom. The van der Waals surface area contributed by atoms with Crippen LogP contribution in [0.1, 0.15) is 119 Å². The summed E-state index contributed by atoms with van der Waals surface area (Å²) < 4.78 is 5.23. The summed E-state index contributed by atoms with van der Waals surface area (Å²) in [5, 5.41) is 0. The maximum atomic E-state index is 11.4. The van der Waals surface area contributed by atoms with Gasteiger partial charge in [0.1, 0.15) is 0 Å². The third kappa shape index (κ3) is 23.8. The average Bonchev–Trinajstić information content (AvgIpc) is 2.58. The van der Waals surface area contributed by atoms with E-state index in [2.05, 4.69) is 13.8 Å². The number of unbranched alkanes of at least 4 members (excludes halogenated alkanes) is 9. The normalized spacial score (nSPS) is 12.3. The second-order valence-corrected chi connectivity index (χ2v) is 8.75. The van der Waals surface area contributed by atoms with Gasteiger partial charge in [-0.3, -0.25) is 4.79 Å². The van der Waals surface area contributed by atoms with Gasteiger partial charge < -0.3 is 4.74 Å². The van der Waals surface area contributed by atoms with E-state index >= 15 is 0 Å². The number of carbonyl (C=O) groups excluding carboxylic acids is 1. The summed E-state index contributed by atoms with van der Waals surface area (Å²) in [6.45, 7) is 12.9. The van der Waals surface area contributed by atoms with Crippen LogP contribution in [-0.2, 0) is 9.53 Å². The molecule has 0 aliphatic heterocycles. The van der Waals surface area contributed by atoms with Crippen molar-refractivity contribution in [2.24, 2.45) is 5.92 Å². The number of alkyl halides is 1. The van der Waals surface area contributed by atoms with Crippen LogP contribution in [0.5, 0.6) is 0 Å². The molecule has 1 unspecified atom stereocenters. The predicted molar refractivity (Wildman–Crippen MR) is 112 cm³/mol. The Balaban J connectivity index is 0. The third-order valence-electron chi connectivity index (χ3n) is 4.60. The zero-order chi connectivity index (χ0) is 19.6. The maximum absolute atomic E-state index is 11.4. The minimum absolute atomic E-state index is 0.0139. The van der Waals surface area contributed by atoms with Crippen molar-refractivity contribution < 1.29 is 9.53 Å². The smallest absolute Gasteiger partial charge is 0.308 e. The maximum Gasteiger partial charge on any atom is 0.308 e. The quantitative estimate of drug-likeness (QED) is 0.175. The molecule has 0 N–H and O–H groups in total. The highest BCUT2D eigenvalue weighted by atomic mass is 35.5. The number of hydrogen-bond donors (Lipinski definition) is 0. The standard InChI is InChI=1S/C17H34O2.C5H11Cl/c1-4-6-7-8-9-10-11-12-13-14-15-19-17(18)16(3)5-2;1-4-5(2,3)6/h16H,4-15H2,1-3H3;4H2,1-3H3. The van der Waals surface area contributed by atoms with E-state index in [9.17, 15) is 4.79 Å². The molecule has 0 saturated carbocycles. The van der Waals surface area contributed by atoms with Gasteiger partial charge in [0.15, 0.2) is 0 Å². The summed E-state index contributed by atoms with van der Waals surface area (Å²) >= 11 is 5.72. The Bertz CT molecular complexity index is 284. The summed E-state index contributed by atoms with van der Waals surface area (Å²) in [5.41, 5.74) is 0. The Morgan fingerprint density at radius 1 is 0.880 bits per heavy atom. The molecule has 0 spiro atoms. The molecule has 0 bridgehead atoms. The molecule has 3 heteroatoms. The molecule has 1 atom stereocenters. The average molecular weight is 377 g/mol. The van der Waals surface area contributed by atoms with Gasteiger partial charge in [-0.2, -0.15) is 0 Å². The first-order valence-electron chi connectivity index (χ1n) is 10.6. The molecular weight excluding hydrogens is 332 g/mol. The molecule has 0 radical (unpaired) electrons. The Kier molecular flexibility index (Phi) is 20.0. The minimum atomic E-state index is -0.0292. The fourth-order valence-electron chi connectivity index (χ4n) is 2.07. The van der Waals surface area contributed by atoms with E-state index in [1.54, 1.807) is 0 Å². The molecule has 0 saturated heterocycles. The van der Waals surface area contributed by atoms with Crippen LogP contribution in [0.2, 0.25) is 0 Å². The summed E-state index contributed by atoms with van der Waals surface area (Å²) in [5.74, 6) is 0.0292.